The number of piperidine rings is 1. The molecule has 0 unspecified atom stereocenters. The SMILES string of the molecule is CCN(CC(=O)NCc1ccc(Cl)cc1)C(=O)C1CCN(C(=O)c2ccco2)CC1. The zero-order chi connectivity index (χ0) is 21.5. The molecule has 0 radical (unpaired) electrons. The van der Waals surface area contributed by atoms with Crippen molar-refractivity contribution in [3.05, 3.63) is 59.0 Å². The number of nitrogens with zero attached hydrogens (tertiary/aromatic N) is 2. The number of benzene rings is 1. The van der Waals surface area contributed by atoms with Crippen molar-refractivity contribution in [3.8, 4) is 0 Å². The van der Waals surface area contributed by atoms with E-state index in [1.165, 1.54) is 6.26 Å². The molecule has 1 aliphatic rings. The molecule has 0 bridgehead atoms. The lowest BCUT2D eigenvalue weighted by molar-refractivity contribution is -0.140. The van der Waals surface area contributed by atoms with Gasteiger partial charge < -0.3 is 19.5 Å². The van der Waals surface area contributed by atoms with Gasteiger partial charge in [0.1, 0.15) is 0 Å². The van der Waals surface area contributed by atoms with Gasteiger partial charge in [0, 0.05) is 37.1 Å². The van der Waals surface area contributed by atoms with Crippen molar-refractivity contribution in [1.29, 1.82) is 0 Å². The molecular weight excluding hydrogens is 406 g/mol. The van der Waals surface area contributed by atoms with Crippen molar-refractivity contribution in [2.75, 3.05) is 26.2 Å². The van der Waals surface area contributed by atoms with E-state index in [2.05, 4.69) is 5.32 Å². The van der Waals surface area contributed by atoms with E-state index in [1.807, 2.05) is 19.1 Å². The molecule has 1 fully saturated rings. The Hall–Kier alpha value is -2.80. The Morgan fingerprint density at radius 3 is 2.47 bits per heavy atom. The van der Waals surface area contributed by atoms with E-state index in [4.69, 9.17) is 16.0 Å². The van der Waals surface area contributed by atoms with Gasteiger partial charge in [0.15, 0.2) is 5.76 Å². The topological polar surface area (TPSA) is 82.9 Å². The van der Waals surface area contributed by atoms with Gasteiger partial charge in [-0.2, -0.15) is 0 Å². The number of rotatable bonds is 7. The molecular formula is C22H26ClN3O4. The summed E-state index contributed by atoms with van der Waals surface area (Å²) >= 11 is 5.87. The summed E-state index contributed by atoms with van der Waals surface area (Å²) in [7, 11) is 0. The molecule has 30 heavy (non-hydrogen) atoms. The number of carbonyl (C=O) groups is 3. The van der Waals surface area contributed by atoms with Crippen LogP contribution in [0, 0.1) is 5.92 Å². The lowest BCUT2D eigenvalue weighted by Gasteiger charge is -2.33. The molecule has 1 N–H and O–H groups in total. The van der Waals surface area contributed by atoms with Gasteiger partial charge >= 0.3 is 0 Å². The van der Waals surface area contributed by atoms with Crippen LogP contribution in [-0.4, -0.2) is 53.7 Å². The van der Waals surface area contributed by atoms with E-state index in [-0.39, 0.29) is 30.2 Å². The number of hydrogen-bond acceptors (Lipinski definition) is 4. The Morgan fingerprint density at radius 2 is 1.87 bits per heavy atom. The fraction of sp³-hybridized carbons (Fsp3) is 0.409. The Morgan fingerprint density at radius 1 is 1.17 bits per heavy atom. The number of amides is 3. The molecule has 8 heteroatoms. The molecule has 3 rings (SSSR count). The van der Waals surface area contributed by atoms with Crippen LogP contribution in [0.4, 0.5) is 0 Å². The number of nitrogens with one attached hydrogen (secondary N) is 1. The maximum atomic E-state index is 12.9. The second-order valence-corrected chi connectivity index (χ2v) is 7.74. The average Bonchev–Trinajstić information content (AvgIpc) is 3.31. The number of carbonyl (C=O) groups excluding carboxylic acids is 3. The van der Waals surface area contributed by atoms with E-state index in [0.717, 1.165) is 5.56 Å². The molecule has 3 amide bonds. The smallest absolute Gasteiger partial charge is 0.289 e. The van der Waals surface area contributed by atoms with Crippen molar-refractivity contribution in [2.24, 2.45) is 5.92 Å². The molecule has 1 aliphatic heterocycles. The first-order valence-electron chi connectivity index (χ1n) is 10.1. The van der Waals surface area contributed by atoms with Crippen molar-refractivity contribution < 1.29 is 18.8 Å². The summed E-state index contributed by atoms with van der Waals surface area (Å²) in [6.45, 7) is 3.72. The van der Waals surface area contributed by atoms with Crippen molar-refractivity contribution in [2.45, 2.75) is 26.3 Å². The number of halogens is 1. The summed E-state index contributed by atoms with van der Waals surface area (Å²) < 4.78 is 5.17. The van der Waals surface area contributed by atoms with Gasteiger partial charge in [0.05, 0.1) is 12.8 Å². The molecule has 0 spiro atoms. The van der Waals surface area contributed by atoms with E-state index in [9.17, 15) is 14.4 Å². The van der Waals surface area contributed by atoms with E-state index in [1.54, 1.807) is 34.1 Å². The summed E-state index contributed by atoms with van der Waals surface area (Å²) in [5.41, 5.74) is 0.940. The summed E-state index contributed by atoms with van der Waals surface area (Å²) in [4.78, 5) is 40.8. The highest BCUT2D eigenvalue weighted by Crippen LogP contribution is 2.21. The van der Waals surface area contributed by atoms with Crippen LogP contribution in [0.15, 0.2) is 47.1 Å². The van der Waals surface area contributed by atoms with Crippen LogP contribution < -0.4 is 5.32 Å². The zero-order valence-corrected chi connectivity index (χ0v) is 17.7. The third-order valence-electron chi connectivity index (χ3n) is 5.29. The van der Waals surface area contributed by atoms with E-state index < -0.39 is 0 Å². The highest BCUT2D eigenvalue weighted by Gasteiger charge is 2.31. The van der Waals surface area contributed by atoms with Crippen LogP contribution >= 0.6 is 11.6 Å². The maximum Gasteiger partial charge on any atom is 0.289 e. The third-order valence-corrected chi connectivity index (χ3v) is 5.55. The monoisotopic (exact) mass is 431 g/mol. The summed E-state index contributed by atoms with van der Waals surface area (Å²) in [6.07, 6.45) is 2.63. The highest BCUT2D eigenvalue weighted by molar-refractivity contribution is 6.30. The van der Waals surface area contributed by atoms with Crippen LogP contribution in [0.5, 0.6) is 0 Å². The molecule has 1 aromatic carbocycles. The molecule has 1 aromatic heterocycles. The lowest BCUT2D eigenvalue weighted by Crippen LogP contribution is -2.47. The summed E-state index contributed by atoms with van der Waals surface area (Å²) in [5, 5.41) is 3.48. The van der Waals surface area contributed by atoms with Crippen LogP contribution in [0.1, 0.15) is 35.9 Å². The average molecular weight is 432 g/mol. The molecule has 7 nitrogen and oxygen atoms in total. The minimum atomic E-state index is -0.203. The van der Waals surface area contributed by atoms with Gasteiger partial charge in [-0.15, -0.1) is 0 Å². The highest BCUT2D eigenvalue weighted by atomic mass is 35.5. The molecule has 160 valence electrons. The van der Waals surface area contributed by atoms with Crippen LogP contribution in [-0.2, 0) is 16.1 Å². The van der Waals surface area contributed by atoms with E-state index in [0.29, 0.717) is 49.8 Å². The van der Waals surface area contributed by atoms with Gasteiger partial charge in [-0.25, -0.2) is 0 Å². The predicted octanol–water partition coefficient (Wildman–Crippen LogP) is 2.95. The first-order chi connectivity index (χ1) is 14.5. The zero-order valence-electron chi connectivity index (χ0n) is 17.0. The fourth-order valence-electron chi connectivity index (χ4n) is 3.52. The van der Waals surface area contributed by atoms with Crippen LogP contribution in [0.25, 0.3) is 0 Å². The molecule has 0 aliphatic carbocycles. The van der Waals surface area contributed by atoms with E-state index >= 15 is 0 Å². The standard InChI is InChI=1S/C22H26ClN3O4/c1-2-25(15-20(27)24-14-16-5-7-18(23)8-6-16)21(28)17-9-11-26(12-10-17)22(29)19-4-3-13-30-19/h3-8,13,17H,2,9-12,14-15H2,1H3,(H,24,27). The number of hydrogen-bond donors (Lipinski definition) is 1. The van der Waals surface area contributed by atoms with Crippen molar-refractivity contribution in [1.82, 2.24) is 15.1 Å². The molecule has 2 aromatic rings. The minimum absolute atomic E-state index is 0.0223. The van der Waals surface area contributed by atoms with Gasteiger partial charge in [0.2, 0.25) is 11.8 Å². The first kappa shape index (κ1) is 21.9. The van der Waals surface area contributed by atoms with Crippen molar-refractivity contribution in [3.63, 3.8) is 0 Å². The largest absolute Gasteiger partial charge is 0.459 e. The fourth-order valence-corrected chi connectivity index (χ4v) is 3.65. The number of likely N-dealkylation sites (N-methyl/N-ethyl adjacent to an activating group) is 1. The van der Waals surface area contributed by atoms with Crippen LogP contribution in [0.3, 0.4) is 0 Å². The van der Waals surface area contributed by atoms with Gasteiger partial charge in [0.25, 0.3) is 5.91 Å². The van der Waals surface area contributed by atoms with Crippen LogP contribution in [0.2, 0.25) is 5.02 Å². The number of furan rings is 1. The van der Waals surface area contributed by atoms with Gasteiger partial charge in [-0.05, 0) is 49.6 Å². The Kier molecular flexibility index (Phi) is 7.52. The molecule has 1 saturated heterocycles. The third kappa shape index (κ3) is 5.63. The molecule has 2 heterocycles. The quantitative estimate of drug-likeness (QED) is 0.730. The second-order valence-electron chi connectivity index (χ2n) is 7.30. The Balaban J connectivity index is 1.46. The van der Waals surface area contributed by atoms with Crippen molar-refractivity contribution >= 4 is 29.3 Å². The van der Waals surface area contributed by atoms with Gasteiger partial charge in [-0.1, -0.05) is 23.7 Å². The normalized spacial score (nSPS) is 14.4. The second kappa shape index (κ2) is 10.3. The predicted molar refractivity (Wildman–Crippen MR) is 113 cm³/mol. The molecule has 0 atom stereocenters. The Labute approximate surface area is 181 Å². The Bertz CT molecular complexity index is 859. The molecule has 0 saturated carbocycles. The van der Waals surface area contributed by atoms with Gasteiger partial charge in [-0.3, -0.25) is 14.4 Å². The number of likely N-dealkylation sites (tertiary alicyclic amines) is 1. The first-order valence-corrected chi connectivity index (χ1v) is 10.5. The summed E-state index contributed by atoms with van der Waals surface area (Å²) in [6, 6.07) is 10.6. The lowest BCUT2D eigenvalue weighted by atomic mass is 9.95. The minimum Gasteiger partial charge on any atom is -0.459 e. The summed E-state index contributed by atoms with van der Waals surface area (Å²) in [5.74, 6) is -0.267. The maximum absolute atomic E-state index is 12.9.